The second-order valence-corrected chi connectivity index (χ2v) is 7.48. The number of ether oxygens (including phenoxy) is 3. The van der Waals surface area contributed by atoms with Gasteiger partial charge in [0.1, 0.15) is 12.4 Å². The minimum Gasteiger partial charge on any atom is -0.464 e. The van der Waals surface area contributed by atoms with Crippen LogP contribution in [0, 0.1) is 0 Å². The fourth-order valence-corrected chi connectivity index (χ4v) is 4.04. The van der Waals surface area contributed by atoms with Gasteiger partial charge in [-0.05, 0) is 24.1 Å². The molecule has 4 rings (SSSR count). The maximum atomic E-state index is 13.7. The van der Waals surface area contributed by atoms with Gasteiger partial charge in [0.25, 0.3) is 0 Å². The van der Waals surface area contributed by atoms with Crippen LogP contribution in [-0.2, 0) is 24.6 Å². The fourth-order valence-electron chi connectivity index (χ4n) is 4.04. The number of benzene rings is 3. The molecule has 3 aromatic rings. The van der Waals surface area contributed by atoms with Gasteiger partial charge in [0.15, 0.2) is 0 Å². The van der Waals surface area contributed by atoms with Crippen LogP contribution in [0.1, 0.15) is 35.8 Å². The predicted octanol–water partition coefficient (Wildman–Crippen LogP) is 4.85. The topological polar surface area (TPSA) is 65.0 Å². The average molecular weight is 431 g/mol. The Kier molecular flexibility index (Phi) is 6.69. The Morgan fingerprint density at radius 1 is 0.906 bits per heavy atom. The van der Waals surface area contributed by atoms with Crippen molar-refractivity contribution in [2.45, 2.75) is 24.7 Å². The van der Waals surface area contributed by atoms with Crippen LogP contribution in [0.3, 0.4) is 0 Å². The number of hydrogen-bond acceptors (Lipinski definition) is 5. The third kappa shape index (κ3) is 4.17. The van der Waals surface area contributed by atoms with Crippen molar-refractivity contribution in [2.24, 2.45) is 0 Å². The van der Waals surface area contributed by atoms with Crippen molar-refractivity contribution in [3.8, 4) is 0 Å². The number of carbonyl (C=O) groups is 1. The molecule has 0 saturated carbocycles. The molecule has 0 aromatic heterocycles. The quantitative estimate of drug-likeness (QED) is 0.567. The molecule has 3 aromatic carbocycles. The molecule has 0 amide bonds. The van der Waals surface area contributed by atoms with Crippen molar-refractivity contribution in [3.63, 3.8) is 0 Å². The van der Waals surface area contributed by atoms with Gasteiger partial charge in [-0.25, -0.2) is 4.79 Å². The minimum atomic E-state index is -1.53. The van der Waals surface area contributed by atoms with E-state index in [4.69, 9.17) is 14.2 Å². The summed E-state index contributed by atoms with van der Waals surface area (Å²) in [4.78, 5) is 13.7. The Morgan fingerprint density at radius 2 is 1.47 bits per heavy atom. The molecular weight excluding hydrogens is 404 g/mol. The summed E-state index contributed by atoms with van der Waals surface area (Å²) in [5.74, 6) is -0.782. The molecule has 0 aliphatic carbocycles. The molecule has 1 aliphatic heterocycles. The second-order valence-electron chi connectivity index (χ2n) is 7.48. The van der Waals surface area contributed by atoms with Crippen LogP contribution >= 0.6 is 0 Å². The Bertz CT molecular complexity index is 1050. The van der Waals surface area contributed by atoms with Gasteiger partial charge in [0, 0.05) is 5.56 Å². The smallest absolute Gasteiger partial charge is 0.344 e. The van der Waals surface area contributed by atoms with Crippen LogP contribution in [0.5, 0.6) is 0 Å². The third-order valence-corrected chi connectivity index (χ3v) is 5.51. The van der Waals surface area contributed by atoms with Crippen molar-refractivity contribution in [2.75, 3.05) is 13.2 Å². The lowest BCUT2D eigenvalue weighted by molar-refractivity contribution is -0.221. The molecule has 3 atom stereocenters. The van der Waals surface area contributed by atoms with E-state index >= 15 is 0 Å². The molecule has 0 saturated heterocycles. The molecule has 0 radical (unpaired) electrons. The first-order valence-electron chi connectivity index (χ1n) is 10.7. The largest absolute Gasteiger partial charge is 0.464 e. The van der Waals surface area contributed by atoms with Gasteiger partial charge in [-0.3, -0.25) is 0 Å². The highest BCUT2D eigenvalue weighted by Gasteiger charge is 2.53. The summed E-state index contributed by atoms with van der Waals surface area (Å²) in [7, 11) is 0. The lowest BCUT2D eigenvalue weighted by atomic mass is 9.76. The van der Waals surface area contributed by atoms with Gasteiger partial charge in [-0.1, -0.05) is 91.0 Å². The standard InChI is InChI=1S/C27H26O5/c1-2-30-26(29)27(22-16-10-5-11-17-22)24(20-12-6-3-7-13-20)18-23(19-28)31-25(32-27)21-14-8-4-9-15-21/h3-18,24-25,28H,2,19H2,1H3/t24-,25-,27+/m0/s1. The normalized spacial score (nSPS) is 22.9. The van der Waals surface area contributed by atoms with Crippen molar-refractivity contribution in [1.29, 1.82) is 0 Å². The molecule has 1 N–H and O–H groups in total. The zero-order valence-corrected chi connectivity index (χ0v) is 17.9. The number of hydrogen-bond donors (Lipinski definition) is 1. The second kappa shape index (κ2) is 9.81. The highest BCUT2D eigenvalue weighted by atomic mass is 16.7. The molecule has 0 fully saturated rings. The number of aliphatic hydroxyl groups is 1. The lowest BCUT2D eigenvalue weighted by Crippen LogP contribution is -2.45. The van der Waals surface area contributed by atoms with E-state index in [-0.39, 0.29) is 13.2 Å². The van der Waals surface area contributed by atoms with Crippen molar-refractivity contribution >= 4 is 5.97 Å². The summed E-state index contributed by atoms with van der Waals surface area (Å²) in [6.45, 7) is 1.64. The summed E-state index contributed by atoms with van der Waals surface area (Å²) < 4.78 is 18.3. The van der Waals surface area contributed by atoms with Crippen LogP contribution < -0.4 is 0 Å². The molecule has 0 bridgehead atoms. The molecule has 0 unspecified atom stereocenters. The Balaban J connectivity index is 1.98. The first-order valence-corrected chi connectivity index (χ1v) is 10.7. The van der Waals surface area contributed by atoms with E-state index in [1.54, 1.807) is 13.0 Å². The van der Waals surface area contributed by atoms with Gasteiger partial charge < -0.3 is 19.3 Å². The van der Waals surface area contributed by atoms with Crippen LogP contribution in [0.25, 0.3) is 0 Å². The molecule has 5 heteroatoms. The molecular formula is C27H26O5. The van der Waals surface area contributed by atoms with E-state index < -0.39 is 23.8 Å². The highest BCUT2D eigenvalue weighted by Crippen LogP contribution is 2.48. The van der Waals surface area contributed by atoms with Crippen LogP contribution in [0.4, 0.5) is 0 Å². The highest BCUT2D eigenvalue weighted by molar-refractivity contribution is 5.84. The van der Waals surface area contributed by atoms with Gasteiger partial charge in [0.2, 0.25) is 11.9 Å². The summed E-state index contributed by atoms with van der Waals surface area (Å²) in [5.41, 5.74) is 0.681. The minimum absolute atomic E-state index is 0.200. The number of rotatable bonds is 6. The van der Waals surface area contributed by atoms with E-state index in [0.29, 0.717) is 11.3 Å². The predicted molar refractivity (Wildman–Crippen MR) is 120 cm³/mol. The van der Waals surface area contributed by atoms with E-state index in [1.807, 2.05) is 91.0 Å². The fraction of sp³-hybridized carbons (Fsp3) is 0.222. The summed E-state index contributed by atoms with van der Waals surface area (Å²) >= 11 is 0. The average Bonchev–Trinajstić information content (AvgIpc) is 3.04. The van der Waals surface area contributed by atoms with Crippen molar-refractivity contribution in [1.82, 2.24) is 0 Å². The maximum absolute atomic E-state index is 13.7. The Morgan fingerprint density at radius 3 is 2.03 bits per heavy atom. The zero-order chi connectivity index (χ0) is 22.4. The SMILES string of the molecule is CCOC(=O)[C@]1(c2ccccc2)O[C@@H](c2ccccc2)OC(CO)=C[C@H]1c1ccccc1. The van der Waals surface area contributed by atoms with Gasteiger partial charge in [-0.2, -0.15) is 0 Å². The molecule has 32 heavy (non-hydrogen) atoms. The van der Waals surface area contributed by atoms with E-state index in [9.17, 15) is 9.90 Å². The summed E-state index contributed by atoms with van der Waals surface area (Å²) in [5, 5.41) is 10.1. The van der Waals surface area contributed by atoms with E-state index in [1.165, 1.54) is 0 Å². The molecule has 164 valence electrons. The molecule has 5 nitrogen and oxygen atoms in total. The molecule has 1 aliphatic rings. The Hall–Kier alpha value is -3.41. The van der Waals surface area contributed by atoms with E-state index in [0.717, 1.165) is 11.1 Å². The van der Waals surface area contributed by atoms with Crippen LogP contribution in [-0.4, -0.2) is 24.3 Å². The summed E-state index contributed by atoms with van der Waals surface area (Å²) in [6.07, 6.45) is 0.843. The third-order valence-electron chi connectivity index (χ3n) is 5.51. The lowest BCUT2D eigenvalue weighted by Gasteiger charge is -2.38. The van der Waals surface area contributed by atoms with Crippen LogP contribution in [0.2, 0.25) is 0 Å². The van der Waals surface area contributed by atoms with Crippen molar-refractivity contribution in [3.05, 3.63) is 120 Å². The van der Waals surface area contributed by atoms with Gasteiger partial charge in [0.05, 0.1) is 12.5 Å². The first kappa shape index (κ1) is 21.8. The van der Waals surface area contributed by atoms with Crippen molar-refractivity contribution < 1.29 is 24.1 Å². The maximum Gasteiger partial charge on any atom is 0.344 e. The number of carbonyl (C=O) groups excluding carboxylic acids is 1. The van der Waals surface area contributed by atoms with Crippen LogP contribution in [0.15, 0.2) is 103 Å². The first-order chi connectivity index (χ1) is 15.7. The zero-order valence-electron chi connectivity index (χ0n) is 17.9. The molecule has 1 heterocycles. The van der Waals surface area contributed by atoms with Gasteiger partial charge in [-0.15, -0.1) is 0 Å². The van der Waals surface area contributed by atoms with E-state index in [2.05, 4.69) is 0 Å². The summed E-state index contributed by atoms with van der Waals surface area (Å²) in [6, 6.07) is 28.3. The number of aliphatic hydroxyl groups excluding tert-OH is 1. The Labute approximate surface area is 187 Å². The number of esters is 1. The van der Waals surface area contributed by atoms with Gasteiger partial charge >= 0.3 is 5.97 Å². The molecule has 0 spiro atoms. The monoisotopic (exact) mass is 430 g/mol.